The summed E-state index contributed by atoms with van der Waals surface area (Å²) in [6.07, 6.45) is 9.32. The molecule has 2 aromatic heterocycles. The van der Waals surface area contributed by atoms with Gasteiger partial charge in [-0.15, -0.1) is 0 Å². The number of sulfonamides is 1. The Morgan fingerprint density at radius 1 is 1.09 bits per heavy atom. The van der Waals surface area contributed by atoms with Crippen LogP contribution >= 0.6 is 0 Å². The zero-order valence-electron chi connectivity index (χ0n) is 19.2. The summed E-state index contributed by atoms with van der Waals surface area (Å²) in [4.78, 5) is 8.96. The number of aryl methyl sites for hydroxylation is 1. The predicted molar refractivity (Wildman–Crippen MR) is 127 cm³/mol. The van der Waals surface area contributed by atoms with Crippen molar-refractivity contribution in [2.45, 2.75) is 77.0 Å². The van der Waals surface area contributed by atoms with E-state index in [1.807, 2.05) is 19.1 Å². The van der Waals surface area contributed by atoms with Crippen LogP contribution in [0.25, 0.3) is 22.4 Å². The summed E-state index contributed by atoms with van der Waals surface area (Å²) in [6, 6.07) is 5.81. The molecular weight excluding hydrogens is 427 g/mol. The number of halogens is 1. The van der Waals surface area contributed by atoms with E-state index in [0.29, 0.717) is 29.5 Å². The molecule has 1 N–H and O–H groups in total. The highest BCUT2D eigenvalue weighted by atomic mass is 32.2. The van der Waals surface area contributed by atoms with Gasteiger partial charge < -0.3 is 4.57 Å². The Balaban J connectivity index is 1.78. The monoisotopic (exact) mass is 458 g/mol. The molecule has 1 aromatic carbocycles. The number of nitrogens with one attached hydrogen (secondary N) is 1. The molecule has 0 spiro atoms. The van der Waals surface area contributed by atoms with Crippen molar-refractivity contribution in [3.8, 4) is 11.5 Å². The smallest absolute Gasteiger partial charge is 0.237 e. The number of nitrogens with zero attached hydrogens (tertiary/aromatic N) is 3. The third kappa shape index (κ3) is 4.25. The maximum absolute atomic E-state index is 14.5. The van der Waals surface area contributed by atoms with Crippen LogP contribution < -0.4 is 4.72 Å². The van der Waals surface area contributed by atoms with Gasteiger partial charge in [0.1, 0.15) is 5.82 Å². The molecule has 0 unspecified atom stereocenters. The van der Waals surface area contributed by atoms with Gasteiger partial charge in [-0.25, -0.2) is 22.8 Å². The second-order valence-corrected chi connectivity index (χ2v) is 12.0. The van der Waals surface area contributed by atoms with Crippen LogP contribution in [-0.2, 0) is 16.4 Å². The number of benzene rings is 1. The standard InChI is InChI=1S/C24H31FN4O2S/c1-5-16-12-21-17(11-20(16)25)13-22(29(21)19-9-7-6-8-10-19)23-26-14-18(15-27-23)28-32(30,31)24(2,3)4/h11-15,19,28H,5-10H2,1-4H3. The quantitative estimate of drug-likeness (QED) is 0.521. The Morgan fingerprint density at radius 2 is 1.75 bits per heavy atom. The maximum Gasteiger partial charge on any atom is 0.237 e. The van der Waals surface area contributed by atoms with Crippen LogP contribution in [0, 0.1) is 5.82 Å². The second kappa shape index (κ2) is 8.46. The summed E-state index contributed by atoms with van der Waals surface area (Å²) in [7, 11) is -3.56. The first-order valence-electron chi connectivity index (χ1n) is 11.3. The Labute approximate surface area is 189 Å². The molecule has 2 heterocycles. The molecular formula is C24H31FN4O2S. The van der Waals surface area contributed by atoms with Crippen molar-refractivity contribution in [2.75, 3.05) is 4.72 Å². The third-order valence-electron chi connectivity index (χ3n) is 6.27. The Hall–Kier alpha value is -2.48. The molecule has 1 saturated carbocycles. The first kappa shape index (κ1) is 22.7. The molecule has 0 aliphatic heterocycles. The van der Waals surface area contributed by atoms with E-state index in [9.17, 15) is 12.8 Å². The van der Waals surface area contributed by atoms with Gasteiger partial charge in [0.15, 0.2) is 5.82 Å². The van der Waals surface area contributed by atoms with Gasteiger partial charge >= 0.3 is 0 Å². The van der Waals surface area contributed by atoms with E-state index in [-0.39, 0.29) is 5.82 Å². The predicted octanol–water partition coefficient (Wildman–Crippen LogP) is 5.85. The van der Waals surface area contributed by atoms with E-state index in [0.717, 1.165) is 29.4 Å². The minimum absolute atomic E-state index is 0.194. The molecule has 6 nitrogen and oxygen atoms in total. The van der Waals surface area contributed by atoms with Crippen molar-refractivity contribution in [3.63, 3.8) is 0 Å². The van der Waals surface area contributed by atoms with E-state index in [1.165, 1.54) is 31.7 Å². The van der Waals surface area contributed by atoms with Crippen LogP contribution in [0.5, 0.6) is 0 Å². The molecule has 4 rings (SSSR count). The van der Waals surface area contributed by atoms with Crippen LogP contribution in [-0.4, -0.2) is 27.7 Å². The highest BCUT2D eigenvalue weighted by Gasteiger charge is 2.29. The molecule has 0 atom stereocenters. The molecule has 0 radical (unpaired) electrons. The van der Waals surface area contributed by atoms with Gasteiger partial charge in [0, 0.05) is 16.9 Å². The average Bonchev–Trinajstić information content (AvgIpc) is 3.11. The van der Waals surface area contributed by atoms with Crippen LogP contribution in [0.2, 0.25) is 0 Å². The van der Waals surface area contributed by atoms with Gasteiger partial charge in [0.25, 0.3) is 0 Å². The molecule has 1 aliphatic rings. The Morgan fingerprint density at radius 3 is 2.34 bits per heavy atom. The van der Waals surface area contributed by atoms with Gasteiger partial charge in [-0.3, -0.25) is 4.72 Å². The normalized spacial score (nSPS) is 15.9. The second-order valence-electron chi connectivity index (χ2n) is 9.56. The van der Waals surface area contributed by atoms with E-state index in [4.69, 9.17) is 0 Å². The lowest BCUT2D eigenvalue weighted by molar-refractivity contribution is 0.362. The lowest BCUT2D eigenvalue weighted by atomic mass is 9.95. The van der Waals surface area contributed by atoms with Crippen molar-refractivity contribution in [1.82, 2.24) is 14.5 Å². The summed E-state index contributed by atoms with van der Waals surface area (Å²) >= 11 is 0. The van der Waals surface area contributed by atoms with E-state index >= 15 is 0 Å². The van der Waals surface area contributed by atoms with Crippen LogP contribution in [0.4, 0.5) is 10.1 Å². The fraction of sp³-hybridized carbons (Fsp3) is 0.500. The van der Waals surface area contributed by atoms with E-state index < -0.39 is 14.8 Å². The van der Waals surface area contributed by atoms with Crippen molar-refractivity contribution < 1.29 is 12.8 Å². The first-order valence-corrected chi connectivity index (χ1v) is 12.8. The molecule has 0 saturated heterocycles. The number of anilines is 1. The van der Waals surface area contributed by atoms with Gasteiger partial charge in [-0.2, -0.15) is 0 Å². The molecule has 3 aromatic rings. The number of rotatable bonds is 5. The van der Waals surface area contributed by atoms with Gasteiger partial charge in [0.2, 0.25) is 10.0 Å². The average molecular weight is 459 g/mol. The number of hydrogen-bond acceptors (Lipinski definition) is 4. The molecule has 8 heteroatoms. The van der Waals surface area contributed by atoms with Gasteiger partial charge in [-0.05, 0) is 63.8 Å². The van der Waals surface area contributed by atoms with Crippen LogP contribution in [0.3, 0.4) is 0 Å². The molecule has 1 aliphatic carbocycles. The number of aromatic nitrogens is 3. The molecule has 0 amide bonds. The molecule has 1 fully saturated rings. The van der Waals surface area contributed by atoms with Gasteiger partial charge in [-0.1, -0.05) is 26.2 Å². The number of fused-ring (bicyclic) bond motifs is 1. The van der Waals surface area contributed by atoms with Crippen molar-refractivity contribution in [2.24, 2.45) is 0 Å². The van der Waals surface area contributed by atoms with Crippen molar-refractivity contribution in [1.29, 1.82) is 0 Å². The number of hydrogen-bond donors (Lipinski definition) is 1. The largest absolute Gasteiger partial charge is 0.335 e. The maximum atomic E-state index is 14.5. The summed E-state index contributed by atoms with van der Waals surface area (Å²) in [5.74, 6) is 0.309. The van der Waals surface area contributed by atoms with Crippen LogP contribution in [0.15, 0.2) is 30.6 Å². The summed E-state index contributed by atoms with van der Waals surface area (Å²) in [5.41, 5.74) is 2.87. The Kier molecular flexibility index (Phi) is 6.00. The minimum Gasteiger partial charge on any atom is -0.335 e. The lowest BCUT2D eigenvalue weighted by Crippen LogP contribution is -2.33. The zero-order valence-corrected chi connectivity index (χ0v) is 20.0. The molecule has 0 bridgehead atoms. The zero-order chi connectivity index (χ0) is 23.1. The molecule has 172 valence electrons. The van der Waals surface area contributed by atoms with Crippen molar-refractivity contribution in [3.05, 3.63) is 42.0 Å². The minimum atomic E-state index is -3.56. The SMILES string of the molecule is CCc1cc2c(cc1F)cc(-c1ncc(NS(=O)(=O)C(C)(C)C)cn1)n2C1CCCCC1. The van der Waals surface area contributed by atoms with Crippen molar-refractivity contribution >= 4 is 26.6 Å². The van der Waals surface area contributed by atoms with E-state index in [2.05, 4.69) is 19.3 Å². The highest BCUT2D eigenvalue weighted by Crippen LogP contribution is 2.37. The Bertz CT molecular complexity index is 1220. The fourth-order valence-corrected chi connectivity index (χ4v) is 5.01. The lowest BCUT2D eigenvalue weighted by Gasteiger charge is -2.26. The highest BCUT2D eigenvalue weighted by molar-refractivity contribution is 7.94. The van der Waals surface area contributed by atoms with E-state index in [1.54, 1.807) is 26.8 Å². The summed E-state index contributed by atoms with van der Waals surface area (Å²) in [5, 5.41) is 0.835. The summed E-state index contributed by atoms with van der Waals surface area (Å²) in [6.45, 7) is 6.87. The van der Waals surface area contributed by atoms with Crippen LogP contribution in [0.1, 0.15) is 71.4 Å². The molecule has 32 heavy (non-hydrogen) atoms. The first-order chi connectivity index (χ1) is 15.1. The third-order valence-corrected chi connectivity index (χ3v) is 8.38. The summed E-state index contributed by atoms with van der Waals surface area (Å²) < 4.78 is 43.3. The topological polar surface area (TPSA) is 76.9 Å². The fourth-order valence-electron chi connectivity index (χ4n) is 4.29. The van der Waals surface area contributed by atoms with Gasteiger partial charge in [0.05, 0.1) is 28.5 Å².